The van der Waals surface area contributed by atoms with Gasteiger partial charge < -0.3 is 18.3 Å². The van der Waals surface area contributed by atoms with Gasteiger partial charge in [-0.15, -0.1) is 0 Å². The first-order valence-electron chi connectivity index (χ1n) is 55.2. The largest absolute Gasteiger partial charge is 0.309 e. The highest BCUT2D eigenvalue weighted by atomic mass is 28.3. The fraction of sp³-hybridized carbons (Fsp3) is 0. The molecule has 119 heavy (non-hydrogen) atoms. The molecule has 4 aromatic heterocycles. The van der Waals surface area contributed by atoms with Gasteiger partial charge in [0.2, 0.25) is 0 Å². The molecule has 0 aliphatic rings. The SMILES string of the molecule is [2H]c1c([2H])c([2H])c(-c2cc(-c3c([2H])c([2H])c([2H])c([2H])c3[2H])c(-n3c4ccc(-n5c6ccccc6c6ccccc65)cc4c4cc([Si](c5ccccc5)(c5ccccc5)c5ccccc5)ccc43)c(-c3c([2H])c([2H])c([2H])c([2H])c3[2H])c2)c([2H])c1[2H].[2H]c1c([2H])c([2H])c(-c2cc(-c3c([2H])c([2H])c([2H])c([2H])c3[2H])c(-n3c4ccccc4c4cc(-n5c6ccccc6c6c([2H])c([2H])c([2H])c([2H])c65)ccc43)c(-c3c([2H])c([2H])c([2H])c([2H])c3[2H])c2)c([2H])c1[2H]. The first-order valence-corrected chi connectivity index (χ1v) is 40.2. The van der Waals surface area contributed by atoms with E-state index in [1.54, 1.807) is 75.9 Å². The zero-order valence-corrected chi connectivity index (χ0v) is 63.7. The zero-order chi connectivity index (χ0) is 108. The summed E-state index contributed by atoms with van der Waals surface area (Å²) >= 11 is 0. The molecule has 0 aliphatic heterocycles. The van der Waals surface area contributed by atoms with E-state index < -0.39 is 213 Å². The Morgan fingerprint density at radius 2 is 0.437 bits per heavy atom. The minimum Gasteiger partial charge on any atom is -0.309 e. The number of hydrogen-bond donors (Lipinski definition) is 0. The van der Waals surface area contributed by atoms with Crippen LogP contribution in [0.2, 0.25) is 0 Å². The zero-order valence-electron chi connectivity index (χ0n) is 96.7. The Bertz CT molecular complexity index is 9490. The Labute approximate surface area is 740 Å². The third-order valence-corrected chi connectivity index (χ3v) is 27.0. The Hall–Kier alpha value is -15.4. The molecule has 0 saturated heterocycles. The normalized spacial score (nSPS) is 15.7. The summed E-state index contributed by atoms with van der Waals surface area (Å²) in [6, 6.07) is 62.7. The van der Waals surface area contributed by atoms with E-state index in [1.807, 2.05) is 102 Å². The third-order valence-electron chi connectivity index (χ3n) is 22.2. The molecule has 5 heteroatoms. The molecule has 23 aromatic rings. The van der Waals surface area contributed by atoms with Crippen molar-refractivity contribution >= 4 is 116 Å². The quantitative estimate of drug-likeness (QED) is 0.0764. The second kappa shape index (κ2) is 29.8. The highest BCUT2D eigenvalue weighted by Gasteiger charge is 2.42. The van der Waals surface area contributed by atoms with Crippen LogP contribution in [0.1, 0.15) is 46.6 Å². The fourth-order valence-corrected chi connectivity index (χ4v) is 22.1. The average molecular weight is 1570 g/mol. The van der Waals surface area contributed by atoms with Crippen LogP contribution < -0.4 is 20.7 Å². The summed E-state index contributed by atoms with van der Waals surface area (Å²) in [5.41, 5.74) is 2.72. The average Bonchev–Trinajstić information content (AvgIpc) is 1.55. The van der Waals surface area contributed by atoms with Crippen molar-refractivity contribution in [1.29, 1.82) is 0 Å². The maximum absolute atomic E-state index is 9.62. The van der Waals surface area contributed by atoms with Crippen molar-refractivity contribution in [3.8, 4) is 89.5 Å². The van der Waals surface area contributed by atoms with Crippen molar-refractivity contribution in [1.82, 2.24) is 18.3 Å². The van der Waals surface area contributed by atoms with Gasteiger partial charge in [-0.2, -0.15) is 0 Å². The van der Waals surface area contributed by atoms with E-state index in [0.717, 1.165) is 48.2 Å². The molecule has 0 atom stereocenters. The number of nitrogens with zero attached hydrogens (tertiary/aromatic N) is 4. The Morgan fingerprint density at radius 3 is 0.815 bits per heavy atom. The predicted molar refractivity (Wildman–Crippen MR) is 506 cm³/mol. The summed E-state index contributed by atoms with van der Waals surface area (Å²) in [5.74, 6) is 0. The number of rotatable bonds is 14. The number of para-hydroxylation sites is 5. The lowest BCUT2D eigenvalue weighted by atomic mass is 9.90. The standard InChI is InChI=1S/C66H46N2Si.C48H32N2/c1-7-23-47(24-8-1)50-43-58(48-25-9-2-10-26-48)66(59(44-50)49-27-11-3-12-28-49)68-64-41-39-51(67-62-37-21-19-35-56(62)57-36-20-22-38-63(57)67)45-60(64)61-46-55(40-42-65(61)68)69(52-29-13-4-14-30-52,53-31-15-5-16-32-53)54-33-17-6-18-34-54;1-4-16-33(17-5-1)36-30-41(34-18-6-2-7-19-34)48(42(31-36)35-20-8-3-9-21-35)50-46-27-15-12-24-40(46)43-32-37(28-29-47(43)50)49-44-25-13-10-22-38(44)39-23-11-14-26-45(39)49/h1-46H;1-32H/i1D,2D,3D,7D,8D,9D,10D,11D,12D,23D,24D,25D,26D,27D,28D;1D,2D,3D,4D,5D,6D,7D,8D,9D,10D,13D,16D,17D,18D,19D,20D,21D,22D,25D. The van der Waals surface area contributed by atoms with Crippen LogP contribution >= 0.6 is 0 Å². The summed E-state index contributed by atoms with van der Waals surface area (Å²) in [6.45, 7) is 0. The number of fused-ring (bicyclic) bond motifs is 12. The molecule has 4 heterocycles. The molecule has 19 aromatic carbocycles. The van der Waals surface area contributed by atoms with E-state index in [4.69, 9.17) is 32.9 Å². The summed E-state index contributed by atoms with van der Waals surface area (Å²) in [4.78, 5) is 0. The van der Waals surface area contributed by atoms with Crippen LogP contribution in [0, 0.1) is 0 Å². The second-order valence-corrected chi connectivity index (χ2v) is 32.3. The van der Waals surface area contributed by atoms with Crippen molar-refractivity contribution in [3.05, 3.63) is 472 Å². The summed E-state index contributed by atoms with van der Waals surface area (Å²) < 4.78 is 312. The first-order chi connectivity index (χ1) is 73.2. The van der Waals surface area contributed by atoms with Gasteiger partial charge in [0, 0.05) is 76.7 Å². The Balaban J connectivity index is 0.000000176. The van der Waals surface area contributed by atoms with Crippen LogP contribution in [0.4, 0.5) is 0 Å². The van der Waals surface area contributed by atoms with Crippen LogP contribution in [-0.4, -0.2) is 26.3 Å². The van der Waals surface area contributed by atoms with Gasteiger partial charge >= 0.3 is 0 Å². The van der Waals surface area contributed by atoms with Gasteiger partial charge in [-0.05, 0) is 162 Å². The predicted octanol–water partition coefficient (Wildman–Crippen LogP) is 27.1. The minimum atomic E-state index is -3.29. The third kappa shape index (κ3) is 12.0. The molecule has 0 amide bonds. The molecule has 0 spiro atoms. The van der Waals surface area contributed by atoms with E-state index in [0.29, 0.717) is 65.6 Å². The molecule has 0 bridgehead atoms. The van der Waals surface area contributed by atoms with Gasteiger partial charge in [0.1, 0.15) is 0 Å². The summed E-state index contributed by atoms with van der Waals surface area (Å²) in [6.07, 6.45) is 0. The topological polar surface area (TPSA) is 19.7 Å². The van der Waals surface area contributed by atoms with Gasteiger partial charge in [-0.25, -0.2) is 0 Å². The number of aromatic nitrogens is 4. The molecular weight excluding hydrogens is 1450 g/mol. The van der Waals surface area contributed by atoms with Crippen LogP contribution in [0.25, 0.3) is 177 Å². The molecule has 23 rings (SSSR count). The molecular formula is C114H78N4Si. The number of hydrogen-bond acceptors (Lipinski definition) is 0. The van der Waals surface area contributed by atoms with Gasteiger partial charge in [0.15, 0.2) is 8.07 Å². The molecule has 0 fully saturated rings. The van der Waals surface area contributed by atoms with Gasteiger partial charge in [-0.3, -0.25) is 0 Å². The van der Waals surface area contributed by atoms with Gasteiger partial charge in [0.05, 0.1) is 102 Å². The maximum atomic E-state index is 9.62. The summed E-state index contributed by atoms with van der Waals surface area (Å²) in [7, 11) is -3.29. The van der Waals surface area contributed by atoms with Crippen molar-refractivity contribution in [2.45, 2.75) is 0 Å². The number of benzene rings is 19. The second-order valence-electron chi connectivity index (χ2n) is 28.5. The van der Waals surface area contributed by atoms with Crippen molar-refractivity contribution in [3.63, 3.8) is 0 Å². The monoisotopic (exact) mass is 1560 g/mol. The van der Waals surface area contributed by atoms with E-state index in [1.165, 1.54) is 24.3 Å². The minimum absolute atomic E-state index is 0.0261. The van der Waals surface area contributed by atoms with Crippen molar-refractivity contribution < 1.29 is 46.6 Å². The maximum Gasteiger partial charge on any atom is 0.179 e. The van der Waals surface area contributed by atoms with E-state index in [9.17, 15) is 13.7 Å². The van der Waals surface area contributed by atoms with E-state index in [-0.39, 0.29) is 84.6 Å². The lowest BCUT2D eigenvalue weighted by molar-refractivity contribution is 1.17. The first kappa shape index (κ1) is 43.4. The van der Waals surface area contributed by atoms with E-state index >= 15 is 0 Å². The van der Waals surface area contributed by atoms with Crippen LogP contribution in [0.3, 0.4) is 0 Å². The molecule has 558 valence electrons. The van der Waals surface area contributed by atoms with Crippen LogP contribution in [-0.2, 0) is 0 Å². The molecule has 0 radical (unpaired) electrons. The Morgan fingerprint density at radius 1 is 0.168 bits per heavy atom. The van der Waals surface area contributed by atoms with Crippen molar-refractivity contribution in [2.24, 2.45) is 0 Å². The highest BCUT2D eigenvalue weighted by molar-refractivity contribution is 7.20. The van der Waals surface area contributed by atoms with Gasteiger partial charge in [0.25, 0.3) is 0 Å². The lowest BCUT2D eigenvalue weighted by Gasteiger charge is -2.34. The van der Waals surface area contributed by atoms with Gasteiger partial charge in [-0.1, -0.05) is 375 Å². The molecule has 4 nitrogen and oxygen atoms in total. The Kier molecular flexibility index (Phi) is 10.8. The molecule has 0 aliphatic carbocycles. The molecule has 0 saturated carbocycles. The van der Waals surface area contributed by atoms with Crippen LogP contribution in [0.15, 0.2) is 472 Å². The summed E-state index contributed by atoms with van der Waals surface area (Å²) in [5, 5.41) is 9.77. The van der Waals surface area contributed by atoms with Crippen LogP contribution in [0.5, 0.6) is 0 Å². The highest BCUT2D eigenvalue weighted by Crippen LogP contribution is 2.48. The van der Waals surface area contributed by atoms with Crippen molar-refractivity contribution in [2.75, 3.05) is 0 Å². The fourth-order valence-electron chi connectivity index (χ4n) is 17.3. The van der Waals surface area contributed by atoms with E-state index in [2.05, 4.69) is 83.4 Å². The lowest BCUT2D eigenvalue weighted by Crippen LogP contribution is -2.74. The molecule has 0 N–H and O–H groups in total. The smallest absolute Gasteiger partial charge is 0.179 e. The molecule has 0 unspecified atom stereocenters.